The molecule has 1 amide bonds. The average molecular weight is 495 g/mol. The van der Waals surface area contributed by atoms with E-state index in [1.54, 1.807) is 11.6 Å². The first-order valence-electron chi connectivity index (χ1n) is 9.72. The zero-order chi connectivity index (χ0) is 24.2. The first kappa shape index (κ1) is 24.3. The largest absolute Gasteiger partial charge is 0.481 e. The molecular weight excluding hydrogens is 472 g/mol. The Bertz CT molecular complexity index is 1240. The maximum absolute atomic E-state index is 12.7. The van der Waals surface area contributed by atoms with Crippen LogP contribution in [0.5, 0.6) is 11.9 Å². The topological polar surface area (TPSA) is 137 Å². The number of ether oxygens (including phenoxy) is 2. The van der Waals surface area contributed by atoms with Gasteiger partial charge in [-0.05, 0) is 38.1 Å². The molecule has 33 heavy (non-hydrogen) atoms. The summed E-state index contributed by atoms with van der Waals surface area (Å²) >= 11 is 6.12. The van der Waals surface area contributed by atoms with E-state index >= 15 is 0 Å². The zero-order valence-electron chi connectivity index (χ0n) is 18.4. The molecule has 0 aliphatic heterocycles. The molecule has 0 unspecified atom stereocenters. The summed E-state index contributed by atoms with van der Waals surface area (Å²) in [6.45, 7) is 4.00. The van der Waals surface area contributed by atoms with Crippen LogP contribution < -0.4 is 19.5 Å². The minimum atomic E-state index is -3.95. The van der Waals surface area contributed by atoms with E-state index in [1.807, 2.05) is 6.92 Å². The fraction of sp³-hybridized carbons (Fsp3) is 0.300. The number of halogens is 1. The Balaban J connectivity index is 1.64. The molecule has 0 aliphatic carbocycles. The second-order valence-electron chi connectivity index (χ2n) is 6.92. The van der Waals surface area contributed by atoms with E-state index in [4.69, 9.17) is 21.1 Å². The van der Waals surface area contributed by atoms with Crippen molar-refractivity contribution in [2.24, 2.45) is 0 Å². The van der Waals surface area contributed by atoms with Crippen LogP contribution in [0.2, 0.25) is 5.02 Å². The third-order valence-electron chi connectivity index (χ3n) is 4.60. The maximum atomic E-state index is 12.7. The molecule has 1 aromatic carbocycles. The van der Waals surface area contributed by atoms with Gasteiger partial charge in [0, 0.05) is 18.2 Å². The van der Waals surface area contributed by atoms with Crippen molar-refractivity contribution in [1.29, 1.82) is 0 Å². The van der Waals surface area contributed by atoms with Gasteiger partial charge in [0.1, 0.15) is 0 Å². The lowest BCUT2D eigenvalue weighted by atomic mass is 10.3. The van der Waals surface area contributed by atoms with Crippen molar-refractivity contribution in [1.82, 2.24) is 19.7 Å². The second-order valence-corrected chi connectivity index (χ2v) is 8.98. The minimum Gasteiger partial charge on any atom is -0.481 e. The highest BCUT2D eigenvalue weighted by Gasteiger charge is 2.17. The van der Waals surface area contributed by atoms with E-state index in [0.29, 0.717) is 22.9 Å². The van der Waals surface area contributed by atoms with E-state index in [9.17, 15) is 13.2 Å². The molecule has 0 saturated carbocycles. The van der Waals surface area contributed by atoms with Gasteiger partial charge in [0.15, 0.2) is 5.82 Å². The lowest BCUT2D eigenvalue weighted by molar-refractivity contribution is -0.116. The van der Waals surface area contributed by atoms with Gasteiger partial charge < -0.3 is 14.8 Å². The van der Waals surface area contributed by atoms with Gasteiger partial charge in [0.25, 0.3) is 10.0 Å². The van der Waals surface area contributed by atoms with Crippen molar-refractivity contribution in [3.05, 3.63) is 46.7 Å². The first-order valence-corrected chi connectivity index (χ1v) is 11.6. The predicted octanol–water partition coefficient (Wildman–Crippen LogP) is 2.79. The van der Waals surface area contributed by atoms with Gasteiger partial charge in [0.2, 0.25) is 11.8 Å². The molecule has 3 rings (SSSR count). The molecule has 3 aromatic rings. The number of methoxy groups -OCH3 is 2. The van der Waals surface area contributed by atoms with Crippen LogP contribution in [0, 0.1) is 13.8 Å². The summed E-state index contributed by atoms with van der Waals surface area (Å²) in [5.41, 5.74) is 1.96. The molecule has 176 valence electrons. The summed E-state index contributed by atoms with van der Waals surface area (Å²) in [6.07, 6.45) is 0.178. The van der Waals surface area contributed by atoms with Crippen LogP contribution in [0.3, 0.4) is 0 Å². The van der Waals surface area contributed by atoms with Crippen molar-refractivity contribution in [3.8, 4) is 11.9 Å². The number of carbonyl (C=O) groups excluding carboxylic acids is 1. The van der Waals surface area contributed by atoms with Gasteiger partial charge in [-0.2, -0.15) is 15.1 Å². The summed E-state index contributed by atoms with van der Waals surface area (Å²) in [6, 6.07) is 7.00. The highest BCUT2D eigenvalue weighted by molar-refractivity contribution is 7.92. The second kappa shape index (κ2) is 10.0. The van der Waals surface area contributed by atoms with Crippen molar-refractivity contribution in [3.63, 3.8) is 0 Å². The number of nitrogens with one attached hydrogen (secondary N) is 2. The van der Waals surface area contributed by atoms with Gasteiger partial charge in [0.05, 0.1) is 42.1 Å². The predicted molar refractivity (Wildman–Crippen MR) is 122 cm³/mol. The number of nitrogens with zero attached hydrogens (tertiary/aromatic N) is 4. The number of hydrogen-bond acceptors (Lipinski definition) is 8. The van der Waals surface area contributed by atoms with Gasteiger partial charge in [-0.3, -0.25) is 14.2 Å². The average Bonchev–Trinajstić information content (AvgIpc) is 3.04. The lowest BCUT2D eigenvalue weighted by Gasteiger charge is -2.10. The number of carbonyl (C=O) groups is 1. The Morgan fingerprint density at radius 1 is 1.12 bits per heavy atom. The third kappa shape index (κ3) is 5.90. The summed E-state index contributed by atoms with van der Waals surface area (Å²) in [5, 5.41) is 7.60. The van der Waals surface area contributed by atoms with Gasteiger partial charge in [-0.1, -0.05) is 11.6 Å². The number of amides is 1. The highest BCUT2D eigenvalue weighted by atomic mass is 35.5. The maximum Gasteiger partial charge on any atom is 0.321 e. The molecule has 13 heteroatoms. The molecule has 2 heterocycles. The number of anilines is 2. The Labute approximate surface area is 196 Å². The third-order valence-corrected chi connectivity index (χ3v) is 6.52. The van der Waals surface area contributed by atoms with Crippen molar-refractivity contribution < 1.29 is 22.7 Å². The van der Waals surface area contributed by atoms with E-state index in [0.717, 1.165) is 5.69 Å². The quantitative estimate of drug-likeness (QED) is 0.463. The van der Waals surface area contributed by atoms with E-state index < -0.39 is 10.0 Å². The molecule has 2 aromatic heterocycles. The van der Waals surface area contributed by atoms with E-state index in [2.05, 4.69) is 25.1 Å². The van der Waals surface area contributed by atoms with Crippen molar-refractivity contribution >= 4 is 39.0 Å². The normalized spacial score (nSPS) is 11.2. The minimum absolute atomic E-state index is 0.0136. The molecular formula is C20H23ClN6O5S. The van der Waals surface area contributed by atoms with E-state index in [-0.39, 0.29) is 34.9 Å². The Morgan fingerprint density at radius 2 is 1.82 bits per heavy atom. The molecule has 0 aliphatic rings. The molecule has 0 saturated heterocycles. The fourth-order valence-corrected chi connectivity index (χ4v) is 4.02. The number of aryl methyl sites for hydroxylation is 2. The molecule has 0 fully saturated rings. The molecule has 0 bridgehead atoms. The van der Waals surface area contributed by atoms with Crippen LogP contribution in [-0.4, -0.2) is 48.3 Å². The summed E-state index contributed by atoms with van der Waals surface area (Å²) in [7, 11) is -1.21. The van der Waals surface area contributed by atoms with Crippen LogP contribution in [0.25, 0.3) is 0 Å². The Morgan fingerprint density at radius 3 is 2.39 bits per heavy atom. The van der Waals surface area contributed by atoms with Crippen molar-refractivity contribution in [2.45, 2.75) is 31.7 Å². The molecule has 0 spiro atoms. The summed E-state index contributed by atoms with van der Waals surface area (Å²) in [4.78, 5) is 20.1. The summed E-state index contributed by atoms with van der Waals surface area (Å²) < 4.78 is 39.4. The van der Waals surface area contributed by atoms with Crippen LogP contribution >= 0.6 is 11.6 Å². The van der Waals surface area contributed by atoms with Crippen LogP contribution in [0.1, 0.15) is 17.8 Å². The van der Waals surface area contributed by atoms with E-state index in [1.165, 1.54) is 44.6 Å². The molecule has 0 radical (unpaired) electrons. The standard InChI is InChI=1S/C20H23ClN6O5S/c1-12-19(21)13(2)27(25-12)10-9-17(28)22-14-5-7-15(8-6-14)33(29,30)26-16-11-18(31-3)24-20(23-16)32-4/h5-8,11H,9-10H2,1-4H3,(H,22,28)(H,23,24,26). The number of hydrogen-bond donors (Lipinski definition) is 2. The monoisotopic (exact) mass is 494 g/mol. The van der Waals surface area contributed by atoms with Gasteiger partial charge >= 0.3 is 6.01 Å². The van der Waals surface area contributed by atoms with Gasteiger partial charge in [-0.15, -0.1) is 0 Å². The summed E-state index contributed by atoms with van der Waals surface area (Å²) in [5.74, 6) is -0.117. The highest BCUT2D eigenvalue weighted by Crippen LogP contribution is 2.22. The molecule has 0 atom stereocenters. The number of sulfonamides is 1. The number of benzene rings is 1. The molecule has 2 N–H and O–H groups in total. The van der Waals surface area contributed by atoms with Crippen LogP contribution in [-0.2, 0) is 21.4 Å². The first-order chi connectivity index (χ1) is 15.6. The molecule has 11 nitrogen and oxygen atoms in total. The van der Waals surface area contributed by atoms with Crippen LogP contribution in [0.4, 0.5) is 11.5 Å². The Hall–Kier alpha value is -3.38. The fourth-order valence-electron chi connectivity index (χ4n) is 2.89. The SMILES string of the molecule is COc1cc(NS(=O)(=O)c2ccc(NC(=O)CCn3nc(C)c(Cl)c3C)cc2)nc(OC)n1. The number of aromatic nitrogens is 4. The number of rotatable bonds is 9. The van der Waals surface area contributed by atoms with Crippen LogP contribution in [0.15, 0.2) is 35.2 Å². The van der Waals surface area contributed by atoms with Crippen molar-refractivity contribution in [2.75, 3.05) is 24.3 Å². The van der Waals surface area contributed by atoms with Gasteiger partial charge in [-0.25, -0.2) is 8.42 Å². The lowest BCUT2D eigenvalue weighted by Crippen LogP contribution is -2.16. The Kier molecular flexibility index (Phi) is 7.39. The zero-order valence-corrected chi connectivity index (χ0v) is 20.0. The smallest absolute Gasteiger partial charge is 0.321 e.